The van der Waals surface area contributed by atoms with Crippen molar-refractivity contribution in [2.45, 2.75) is 148 Å². The third-order valence-corrected chi connectivity index (χ3v) is 12.4. The molecule has 4 bridgehead atoms. The molecule has 16 nitrogen and oxygen atoms in total. The zero-order valence-corrected chi connectivity index (χ0v) is 35.2. The van der Waals surface area contributed by atoms with Gasteiger partial charge in [0.15, 0.2) is 23.8 Å². The van der Waals surface area contributed by atoms with Crippen LogP contribution < -0.4 is 0 Å². The summed E-state index contributed by atoms with van der Waals surface area (Å²) in [4.78, 5) is 48.7. The predicted molar refractivity (Wildman–Crippen MR) is 207 cm³/mol. The number of carbonyl (C=O) groups excluding carboxylic acids is 3. The SMILES string of the molecule is CC[C@H]1OC(=O)[C@H](C)[C@H]2OC/C(=N\OCn3nnc4ccccc43)CO[C@](C)(C[C@@H](C)C3OC1(C)C(=O)C3C)[C@H](O[C@@H]1O[C@H](C)C[C@H](N(C)C)[C@H]1OC(C)=O)[C@@H]2C. The molecule has 6 rings (SSSR count). The summed E-state index contributed by atoms with van der Waals surface area (Å²) in [6.45, 7) is 16.4. The number of hydrogen-bond acceptors (Lipinski definition) is 15. The van der Waals surface area contributed by atoms with Gasteiger partial charge in [-0.2, -0.15) is 0 Å². The van der Waals surface area contributed by atoms with Crippen LogP contribution in [0.5, 0.6) is 0 Å². The van der Waals surface area contributed by atoms with Gasteiger partial charge in [-0.1, -0.05) is 50.2 Å². The van der Waals surface area contributed by atoms with E-state index in [0.29, 0.717) is 25.0 Å². The summed E-state index contributed by atoms with van der Waals surface area (Å²) in [5.74, 6) is -3.22. The molecule has 3 unspecified atom stereocenters. The summed E-state index contributed by atoms with van der Waals surface area (Å²) in [6.07, 6.45) is -3.63. The second-order valence-corrected chi connectivity index (χ2v) is 17.1. The van der Waals surface area contributed by atoms with E-state index in [4.69, 9.17) is 38.0 Å². The molecule has 0 amide bonds. The highest BCUT2D eigenvalue weighted by Crippen LogP contribution is 2.45. The van der Waals surface area contributed by atoms with Gasteiger partial charge in [-0.15, -0.1) is 5.10 Å². The van der Waals surface area contributed by atoms with Crippen molar-refractivity contribution in [3.05, 3.63) is 24.3 Å². The Morgan fingerprint density at radius 3 is 2.49 bits per heavy atom. The molecule has 4 saturated heterocycles. The number of esters is 2. The topological polar surface area (TPSA) is 171 Å². The quantitative estimate of drug-likeness (QED) is 0.273. The first-order valence-electron chi connectivity index (χ1n) is 20.3. The molecule has 4 aliphatic rings. The van der Waals surface area contributed by atoms with Crippen molar-refractivity contribution in [3.63, 3.8) is 0 Å². The van der Waals surface area contributed by atoms with Crippen LogP contribution in [0.1, 0.15) is 81.6 Å². The van der Waals surface area contributed by atoms with Gasteiger partial charge in [0.25, 0.3) is 0 Å². The first-order chi connectivity index (χ1) is 27.0. The molecule has 4 fully saturated rings. The number of aromatic nitrogens is 3. The Morgan fingerprint density at radius 2 is 1.79 bits per heavy atom. The Hall–Kier alpha value is -3.54. The Balaban J connectivity index is 1.42. The predicted octanol–water partition coefficient (Wildman–Crippen LogP) is 4.31. The van der Waals surface area contributed by atoms with Crippen LogP contribution >= 0.6 is 0 Å². The molecule has 57 heavy (non-hydrogen) atoms. The van der Waals surface area contributed by atoms with Gasteiger partial charge >= 0.3 is 11.9 Å². The molecule has 0 spiro atoms. The van der Waals surface area contributed by atoms with Crippen molar-refractivity contribution in [2.75, 3.05) is 27.3 Å². The highest BCUT2D eigenvalue weighted by atomic mass is 16.7. The van der Waals surface area contributed by atoms with Crippen LogP contribution in [0.4, 0.5) is 0 Å². The number of para-hydroxylation sites is 1. The van der Waals surface area contributed by atoms with Crippen LogP contribution in [-0.4, -0.2) is 131 Å². The van der Waals surface area contributed by atoms with E-state index in [0.717, 1.165) is 11.0 Å². The molecule has 0 radical (unpaired) electrons. The van der Waals surface area contributed by atoms with Gasteiger partial charge in [-0.25, -0.2) is 4.68 Å². The summed E-state index contributed by atoms with van der Waals surface area (Å²) in [5, 5.41) is 12.9. The van der Waals surface area contributed by atoms with E-state index in [1.54, 1.807) is 18.5 Å². The van der Waals surface area contributed by atoms with E-state index in [1.165, 1.54) is 6.92 Å². The molecule has 0 aliphatic carbocycles. The monoisotopic (exact) mass is 799 g/mol. The number of ketones is 1. The van der Waals surface area contributed by atoms with E-state index in [9.17, 15) is 14.4 Å². The summed E-state index contributed by atoms with van der Waals surface area (Å²) in [7, 11) is 3.87. The number of likely N-dealkylation sites (N-methyl/N-ethyl adjacent to an activating group) is 1. The molecular weight excluding hydrogens is 738 g/mol. The number of ether oxygens (including phenoxy) is 7. The Morgan fingerprint density at radius 1 is 1.05 bits per heavy atom. The first-order valence-corrected chi connectivity index (χ1v) is 20.3. The van der Waals surface area contributed by atoms with Gasteiger partial charge in [-0.05, 0) is 79.1 Å². The lowest BCUT2D eigenvalue weighted by atomic mass is 9.75. The maximum Gasteiger partial charge on any atom is 0.311 e. The number of rotatable bonds is 8. The van der Waals surface area contributed by atoms with E-state index >= 15 is 0 Å². The third kappa shape index (κ3) is 8.76. The number of benzene rings is 1. The van der Waals surface area contributed by atoms with Crippen LogP contribution in [-0.2, 0) is 59.1 Å². The summed E-state index contributed by atoms with van der Waals surface area (Å²) < 4.78 is 47.7. The van der Waals surface area contributed by atoms with Gasteiger partial charge in [0.05, 0.1) is 60.7 Å². The van der Waals surface area contributed by atoms with Crippen LogP contribution in [0.2, 0.25) is 0 Å². The standard InChI is InChI=1S/C41H61N5O11/c1-12-32-41(9)36(48)24(4)33(57-41)22(2)18-40(8)37(56-39-35(54-27(7)47)31(45(10)11)17-23(3)53-39)25(5)34(26(6)38(49)55-32)50-19-28(20-51-40)43-52-21-46-30-16-14-13-15-29(30)42-44-46/h13-16,22-26,31-35,37,39H,12,17-21H2,1-11H3/b43-28+/t22-,23-,24?,25-,26-,31+,32-,33?,34+,35-,37-,39+,40-,41?/m1/s1. The van der Waals surface area contributed by atoms with Crippen LogP contribution in [0, 0.1) is 23.7 Å². The highest BCUT2D eigenvalue weighted by molar-refractivity contribution is 5.92. The van der Waals surface area contributed by atoms with Crippen molar-refractivity contribution in [1.29, 1.82) is 0 Å². The fraction of sp³-hybridized carbons (Fsp3) is 0.756. The molecule has 14 atom stereocenters. The minimum atomic E-state index is -1.33. The van der Waals surface area contributed by atoms with E-state index in [2.05, 4.69) is 15.5 Å². The van der Waals surface area contributed by atoms with Crippen LogP contribution in [0.25, 0.3) is 11.0 Å². The first kappa shape index (κ1) is 43.0. The lowest BCUT2D eigenvalue weighted by Crippen LogP contribution is -2.60. The molecular formula is C41H61N5O11. The second kappa shape index (κ2) is 17.4. The summed E-state index contributed by atoms with van der Waals surface area (Å²) in [6, 6.07) is 7.32. The molecule has 1 aromatic carbocycles. The molecule has 16 heteroatoms. The summed E-state index contributed by atoms with van der Waals surface area (Å²) in [5.41, 5.74) is -0.535. The number of fused-ring (bicyclic) bond motifs is 6. The average molecular weight is 800 g/mol. The Labute approximate surface area is 335 Å². The van der Waals surface area contributed by atoms with Crippen molar-refractivity contribution < 1.29 is 52.4 Å². The molecule has 2 aromatic rings. The second-order valence-electron chi connectivity index (χ2n) is 17.1. The molecule has 0 N–H and O–H groups in total. The molecule has 4 aliphatic heterocycles. The Kier molecular flexibility index (Phi) is 13.1. The van der Waals surface area contributed by atoms with Crippen molar-refractivity contribution in [1.82, 2.24) is 19.9 Å². The largest absolute Gasteiger partial charge is 0.459 e. The number of Topliss-reactive ketones (excluding diaryl/α,β-unsaturated/α-hetero) is 1. The van der Waals surface area contributed by atoms with E-state index in [1.807, 2.05) is 84.8 Å². The highest BCUT2D eigenvalue weighted by Gasteiger charge is 2.59. The van der Waals surface area contributed by atoms with E-state index in [-0.39, 0.29) is 43.8 Å². The lowest BCUT2D eigenvalue weighted by molar-refractivity contribution is -0.305. The lowest BCUT2D eigenvalue weighted by Gasteiger charge is -2.48. The minimum absolute atomic E-state index is 0.0174. The maximum absolute atomic E-state index is 14.3. The van der Waals surface area contributed by atoms with Crippen LogP contribution in [0.15, 0.2) is 29.4 Å². The zero-order chi connectivity index (χ0) is 41.4. The zero-order valence-electron chi connectivity index (χ0n) is 35.2. The molecule has 5 heterocycles. The molecule has 0 saturated carbocycles. The van der Waals surface area contributed by atoms with Gasteiger partial charge in [-0.3, -0.25) is 14.4 Å². The fourth-order valence-electron chi connectivity index (χ4n) is 9.44. The Bertz CT molecular complexity index is 1790. The minimum Gasteiger partial charge on any atom is -0.459 e. The number of carbonyl (C=O) groups is 3. The van der Waals surface area contributed by atoms with E-state index < -0.39 is 77.7 Å². The van der Waals surface area contributed by atoms with Crippen LogP contribution in [0.3, 0.4) is 0 Å². The number of nitrogens with zero attached hydrogens (tertiary/aromatic N) is 5. The number of oxime groups is 1. The fourth-order valence-corrected chi connectivity index (χ4v) is 9.44. The number of hydrogen-bond donors (Lipinski definition) is 0. The molecule has 1 aromatic heterocycles. The smallest absolute Gasteiger partial charge is 0.311 e. The van der Waals surface area contributed by atoms with Gasteiger partial charge in [0.2, 0.25) is 6.73 Å². The molecule has 316 valence electrons. The van der Waals surface area contributed by atoms with Gasteiger partial charge in [0, 0.05) is 18.8 Å². The maximum atomic E-state index is 14.3. The summed E-state index contributed by atoms with van der Waals surface area (Å²) >= 11 is 0. The number of cyclic esters (lactones) is 1. The normalized spacial score (nSPS) is 40.1. The van der Waals surface area contributed by atoms with Crippen molar-refractivity contribution in [2.24, 2.45) is 28.8 Å². The average Bonchev–Trinajstić information content (AvgIpc) is 3.69. The third-order valence-electron chi connectivity index (χ3n) is 12.4. The van der Waals surface area contributed by atoms with Gasteiger partial charge in [0.1, 0.15) is 17.3 Å². The van der Waals surface area contributed by atoms with Gasteiger partial charge < -0.3 is 42.9 Å². The van der Waals surface area contributed by atoms with Crippen molar-refractivity contribution >= 4 is 34.5 Å². The van der Waals surface area contributed by atoms with Crippen molar-refractivity contribution in [3.8, 4) is 0 Å².